The number of carbonyl (C=O) groups is 1. The van der Waals surface area contributed by atoms with Gasteiger partial charge in [0.25, 0.3) is 0 Å². The summed E-state index contributed by atoms with van der Waals surface area (Å²) in [6.45, 7) is 4.12. The van der Waals surface area contributed by atoms with Crippen LogP contribution in [-0.4, -0.2) is 31.5 Å². The molecule has 0 spiro atoms. The van der Waals surface area contributed by atoms with E-state index in [0.29, 0.717) is 12.6 Å². The molecule has 2 aliphatic rings. The van der Waals surface area contributed by atoms with Crippen LogP contribution in [0.4, 0.5) is 5.69 Å². The molecule has 1 saturated carbocycles. The first kappa shape index (κ1) is 18.9. The van der Waals surface area contributed by atoms with Crippen molar-refractivity contribution in [3.05, 3.63) is 48.0 Å². The second-order valence-electron chi connectivity index (χ2n) is 8.43. The number of carbonyl (C=O) groups excluding carboxylic acids is 1. The maximum Gasteiger partial charge on any atom is 0.224 e. The number of aryl methyl sites for hydroxylation is 1. The van der Waals surface area contributed by atoms with E-state index in [1.165, 1.54) is 12.8 Å². The van der Waals surface area contributed by atoms with Crippen LogP contribution < -0.4 is 9.64 Å². The van der Waals surface area contributed by atoms with Gasteiger partial charge in [-0.3, -0.25) is 14.2 Å². The predicted molar refractivity (Wildman–Crippen MR) is 114 cm³/mol. The third-order valence-electron chi connectivity index (χ3n) is 6.05. The smallest absolute Gasteiger partial charge is 0.224 e. The van der Waals surface area contributed by atoms with Gasteiger partial charge in [0.2, 0.25) is 5.91 Å². The van der Waals surface area contributed by atoms with Crippen LogP contribution in [0.2, 0.25) is 0 Å². The van der Waals surface area contributed by atoms with Crippen molar-refractivity contribution in [1.82, 2.24) is 19.6 Å². The molecule has 1 aliphatic heterocycles. The summed E-state index contributed by atoms with van der Waals surface area (Å²) in [7, 11) is 1.90. The second kappa shape index (κ2) is 7.31. The topological polar surface area (TPSA) is 65.2 Å². The van der Waals surface area contributed by atoms with Gasteiger partial charge in [0.05, 0.1) is 23.6 Å². The number of amides is 1. The van der Waals surface area contributed by atoms with Gasteiger partial charge in [0, 0.05) is 49.1 Å². The summed E-state index contributed by atoms with van der Waals surface area (Å²) < 4.78 is 10.2. The van der Waals surface area contributed by atoms with Gasteiger partial charge in [-0.15, -0.1) is 0 Å². The number of aromatic nitrogens is 4. The molecule has 2 aromatic heterocycles. The number of hydrogen-bond acceptors (Lipinski definition) is 4. The third-order valence-corrected chi connectivity index (χ3v) is 6.05. The normalized spacial score (nSPS) is 18.4. The highest BCUT2D eigenvalue weighted by atomic mass is 16.5. The number of rotatable bonds is 5. The molecule has 1 aromatic carbocycles. The summed E-state index contributed by atoms with van der Waals surface area (Å²) >= 11 is 0. The van der Waals surface area contributed by atoms with E-state index < -0.39 is 0 Å². The van der Waals surface area contributed by atoms with E-state index in [9.17, 15) is 4.79 Å². The largest absolute Gasteiger partial charge is 0.486 e. The lowest BCUT2D eigenvalue weighted by molar-refractivity contribution is -0.117. The molecule has 7 nitrogen and oxygen atoms in total. The number of anilines is 1. The van der Waals surface area contributed by atoms with Gasteiger partial charge in [-0.1, -0.05) is 0 Å². The fourth-order valence-corrected chi connectivity index (χ4v) is 4.38. The molecule has 3 heterocycles. The molecule has 5 rings (SSSR count). The maximum absolute atomic E-state index is 12.4. The van der Waals surface area contributed by atoms with Crippen LogP contribution in [0.1, 0.15) is 50.4 Å². The number of benzene rings is 1. The SMILES string of the molecule is CC(=O)N1c2ccc(-c3cnn(C4CC4)c3)c(OCc3ccn(C)n3)c2CCC1C. The van der Waals surface area contributed by atoms with Gasteiger partial charge >= 0.3 is 0 Å². The van der Waals surface area contributed by atoms with E-state index in [1.807, 2.05) is 30.4 Å². The average molecular weight is 406 g/mol. The van der Waals surface area contributed by atoms with Gasteiger partial charge < -0.3 is 9.64 Å². The molecule has 1 aliphatic carbocycles. The van der Waals surface area contributed by atoms with E-state index in [-0.39, 0.29) is 11.9 Å². The zero-order chi connectivity index (χ0) is 20.8. The molecule has 30 heavy (non-hydrogen) atoms. The Morgan fingerprint density at radius 3 is 2.77 bits per heavy atom. The van der Waals surface area contributed by atoms with Crippen molar-refractivity contribution in [3.63, 3.8) is 0 Å². The highest BCUT2D eigenvalue weighted by Gasteiger charge is 2.30. The highest BCUT2D eigenvalue weighted by Crippen LogP contribution is 2.44. The van der Waals surface area contributed by atoms with Gasteiger partial charge in [0.1, 0.15) is 12.4 Å². The van der Waals surface area contributed by atoms with Crippen molar-refractivity contribution < 1.29 is 9.53 Å². The number of hydrogen-bond donors (Lipinski definition) is 0. The fourth-order valence-electron chi connectivity index (χ4n) is 4.38. The van der Waals surface area contributed by atoms with Crippen molar-refractivity contribution in [2.45, 2.75) is 58.2 Å². The van der Waals surface area contributed by atoms with E-state index in [1.54, 1.807) is 11.6 Å². The Morgan fingerprint density at radius 1 is 1.23 bits per heavy atom. The van der Waals surface area contributed by atoms with E-state index in [2.05, 4.69) is 40.1 Å². The molecule has 156 valence electrons. The zero-order valence-corrected chi connectivity index (χ0v) is 17.7. The maximum atomic E-state index is 12.4. The van der Waals surface area contributed by atoms with Gasteiger partial charge in [0.15, 0.2) is 0 Å². The molecule has 0 saturated heterocycles. The minimum atomic E-state index is 0.0634. The lowest BCUT2D eigenvalue weighted by atomic mass is 9.92. The molecular formula is C23H27N5O2. The average Bonchev–Trinajstić information content (AvgIpc) is 3.30. The van der Waals surface area contributed by atoms with Crippen LogP contribution in [0, 0.1) is 0 Å². The summed E-state index contributed by atoms with van der Waals surface area (Å²) in [6.07, 6.45) is 10.1. The summed E-state index contributed by atoms with van der Waals surface area (Å²) in [4.78, 5) is 14.3. The van der Waals surface area contributed by atoms with Crippen LogP contribution in [0.15, 0.2) is 36.8 Å². The Labute approximate surface area is 176 Å². The number of ether oxygens (including phenoxy) is 1. The van der Waals surface area contributed by atoms with Gasteiger partial charge in [-0.2, -0.15) is 10.2 Å². The molecule has 1 fully saturated rings. The van der Waals surface area contributed by atoms with E-state index >= 15 is 0 Å². The zero-order valence-electron chi connectivity index (χ0n) is 17.7. The van der Waals surface area contributed by atoms with Crippen LogP contribution >= 0.6 is 0 Å². The third kappa shape index (κ3) is 3.38. The molecule has 0 radical (unpaired) electrons. The molecule has 0 N–H and O–H groups in total. The van der Waals surface area contributed by atoms with E-state index in [0.717, 1.165) is 46.7 Å². The Morgan fingerprint density at radius 2 is 2.07 bits per heavy atom. The Bertz CT molecular complexity index is 1090. The molecule has 7 heteroatoms. The molecular weight excluding hydrogens is 378 g/mol. The summed E-state index contributed by atoms with van der Waals surface area (Å²) in [5.41, 5.74) is 5.00. The Kier molecular flexibility index (Phi) is 4.60. The summed E-state index contributed by atoms with van der Waals surface area (Å²) in [5.74, 6) is 0.903. The van der Waals surface area contributed by atoms with Crippen molar-refractivity contribution in [2.75, 3.05) is 4.90 Å². The van der Waals surface area contributed by atoms with Crippen molar-refractivity contribution in [2.24, 2.45) is 7.05 Å². The summed E-state index contributed by atoms with van der Waals surface area (Å²) in [5, 5.41) is 9.01. The fraction of sp³-hybridized carbons (Fsp3) is 0.435. The molecule has 1 unspecified atom stereocenters. The monoisotopic (exact) mass is 405 g/mol. The van der Waals surface area contributed by atoms with Crippen molar-refractivity contribution >= 4 is 11.6 Å². The molecule has 1 amide bonds. The standard InChI is InChI=1S/C23H27N5O2/c1-15-4-7-21-22(28(15)16(2)29)9-8-20(17-12-24-27(13-17)19-5-6-19)23(21)30-14-18-10-11-26(3)25-18/h8-13,15,19H,4-7,14H2,1-3H3. The quantitative estimate of drug-likeness (QED) is 0.646. The molecule has 0 bridgehead atoms. The van der Waals surface area contributed by atoms with Crippen LogP contribution in [0.25, 0.3) is 11.1 Å². The lowest BCUT2D eigenvalue weighted by Gasteiger charge is -2.36. The summed E-state index contributed by atoms with van der Waals surface area (Å²) in [6, 6.07) is 6.80. The van der Waals surface area contributed by atoms with Crippen molar-refractivity contribution in [1.29, 1.82) is 0 Å². The number of nitrogens with zero attached hydrogens (tertiary/aromatic N) is 5. The lowest BCUT2D eigenvalue weighted by Crippen LogP contribution is -2.40. The van der Waals surface area contributed by atoms with Gasteiger partial charge in [-0.25, -0.2) is 0 Å². The van der Waals surface area contributed by atoms with Crippen LogP contribution in [-0.2, 0) is 24.9 Å². The highest BCUT2D eigenvalue weighted by molar-refractivity contribution is 5.95. The van der Waals surface area contributed by atoms with Crippen molar-refractivity contribution in [3.8, 4) is 16.9 Å². The van der Waals surface area contributed by atoms with Crippen LogP contribution in [0.3, 0.4) is 0 Å². The van der Waals surface area contributed by atoms with Gasteiger partial charge in [-0.05, 0) is 50.8 Å². The Balaban J connectivity index is 1.57. The van der Waals surface area contributed by atoms with E-state index in [4.69, 9.17) is 4.74 Å². The minimum Gasteiger partial charge on any atom is -0.486 e. The first-order chi connectivity index (χ1) is 14.5. The Hall–Kier alpha value is -3.09. The predicted octanol–water partition coefficient (Wildman–Crippen LogP) is 3.89. The first-order valence-electron chi connectivity index (χ1n) is 10.6. The number of fused-ring (bicyclic) bond motifs is 1. The molecule has 3 aromatic rings. The minimum absolute atomic E-state index is 0.0634. The second-order valence-corrected chi connectivity index (χ2v) is 8.43. The molecule has 1 atom stereocenters. The first-order valence-corrected chi connectivity index (χ1v) is 10.6. The van der Waals surface area contributed by atoms with Crippen LogP contribution in [0.5, 0.6) is 5.75 Å².